The summed E-state index contributed by atoms with van der Waals surface area (Å²) >= 11 is 0. The molecule has 0 bridgehead atoms. The molecule has 4 aromatic rings. The van der Waals surface area contributed by atoms with Gasteiger partial charge in [-0.25, -0.2) is 15.0 Å². The molecule has 11 heteroatoms. The summed E-state index contributed by atoms with van der Waals surface area (Å²) in [4.78, 5) is 41.5. The summed E-state index contributed by atoms with van der Waals surface area (Å²) in [6.07, 6.45) is -2.27. The molecule has 1 N–H and O–H groups in total. The maximum atomic E-state index is 14.6. The summed E-state index contributed by atoms with van der Waals surface area (Å²) in [6, 6.07) is 30.0. The lowest BCUT2D eigenvalue weighted by atomic mass is 10.0. The molecule has 0 saturated carbocycles. The smallest absolute Gasteiger partial charge is 0.430 e. The van der Waals surface area contributed by atoms with E-state index < -0.39 is 30.8 Å². The Morgan fingerprint density at radius 2 is 1.25 bits per heavy atom. The number of hydrazine groups is 1. The van der Waals surface area contributed by atoms with Gasteiger partial charge >= 0.3 is 19.8 Å². The van der Waals surface area contributed by atoms with Crippen molar-refractivity contribution in [3.63, 3.8) is 0 Å². The number of hydrogen-bond donors (Lipinski definition) is 1. The number of carbonyl (C=O) groups excluding carboxylic acids is 3. The Hall–Kier alpha value is -4.50. The monoisotopic (exact) mass is 618 g/mol. The number of fused-ring (bicyclic) bond motifs is 1. The van der Waals surface area contributed by atoms with Crippen LogP contribution in [-0.4, -0.2) is 41.5 Å². The Labute approximate surface area is 256 Å². The molecule has 0 fully saturated rings. The predicted molar refractivity (Wildman–Crippen MR) is 166 cm³/mol. The molecule has 0 aliphatic heterocycles. The molecule has 4 rings (SSSR count). The van der Waals surface area contributed by atoms with Crippen LogP contribution in [0.15, 0.2) is 103 Å². The second-order valence-corrected chi connectivity index (χ2v) is 12.2. The fourth-order valence-electron chi connectivity index (χ4n) is 4.54. The molecule has 1 unspecified atom stereocenters. The van der Waals surface area contributed by atoms with Gasteiger partial charge in [0.15, 0.2) is 0 Å². The molecule has 0 aliphatic rings. The summed E-state index contributed by atoms with van der Waals surface area (Å²) in [5, 5.41) is -0.268. The average molecular weight is 619 g/mol. The maximum absolute atomic E-state index is 14.6. The first-order chi connectivity index (χ1) is 21.2. The SMILES string of the molecule is CCOP(=O)(OCC)C(C)(C(=O)c1ccc2ccccc2c1)N(NC(=O)OCc1ccccc1)C(=O)OCc1ccccc1. The molecule has 230 valence electrons. The maximum Gasteiger partial charge on any atom is 0.430 e. The molecular weight excluding hydrogens is 583 g/mol. The molecule has 0 radical (unpaired) electrons. The van der Waals surface area contributed by atoms with Crippen LogP contribution in [0.2, 0.25) is 0 Å². The van der Waals surface area contributed by atoms with Crippen LogP contribution < -0.4 is 5.43 Å². The Bertz CT molecular complexity index is 1620. The van der Waals surface area contributed by atoms with Crippen molar-refractivity contribution in [2.75, 3.05) is 13.2 Å². The zero-order valence-electron chi connectivity index (χ0n) is 24.8. The standard InChI is InChI=1S/C33H35N2O8P/c1-4-42-44(39,43-5-2)33(3,30(36)29-21-20-27-18-12-13-19-28(27)22-29)35(32(38)41-24-26-16-10-7-11-17-26)34-31(37)40-23-25-14-8-6-9-15-25/h6-22H,4-5,23-24H2,1-3H3,(H,34,37). The van der Waals surface area contributed by atoms with E-state index in [1.54, 1.807) is 80.6 Å². The average Bonchev–Trinajstić information content (AvgIpc) is 3.05. The van der Waals surface area contributed by atoms with E-state index in [2.05, 4.69) is 5.43 Å². The van der Waals surface area contributed by atoms with Gasteiger partial charge in [-0.1, -0.05) is 97.1 Å². The van der Waals surface area contributed by atoms with E-state index in [1.165, 1.54) is 6.92 Å². The van der Waals surface area contributed by atoms with E-state index in [0.29, 0.717) is 16.1 Å². The topological polar surface area (TPSA) is 120 Å². The minimum atomic E-state index is -4.56. The third-order valence-corrected chi connectivity index (χ3v) is 9.48. The van der Waals surface area contributed by atoms with Crippen LogP contribution in [0.5, 0.6) is 0 Å². The summed E-state index contributed by atoms with van der Waals surface area (Å²) in [5.41, 5.74) is 3.75. The minimum absolute atomic E-state index is 0.103. The van der Waals surface area contributed by atoms with E-state index in [4.69, 9.17) is 18.5 Å². The normalized spacial score (nSPS) is 12.6. The highest BCUT2D eigenvalue weighted by Gasteiger charge is 2.61. The van der Waals surface area contributed by atoms with Crippen molar-refractivity contribution in [2.45, 2.75) is 39.3 Å². The summed E-state index contributed by atoms with van der Waals surface area (Å²) in [6.45, 7) is 3.79. The number of rotatable bonds is 12. The fraction of sp³-hybridized carbons (Fsp3) is 0.242. The van der Waals surface area contributed by atoms with Crippen LogP contribution in [0.25, 0.3) is 10.8 Å². The number of ether oxygens (including phenoxy) is 2. The Balaban J connectivity index is 1.78. The number of hydrogen-bond acceptors (Lipinski definition) is 8. The van der Waals surface area contributed by atoms with Gasteiger partial charge in [-0.15, -0.1) is 0 Å². The zero-order chi connectivity index (χ0) is 31.6. The van der Waals surface area contributed by atoms with Gasteiger partial charge in [0, 0.05) is 5.56 Å². The van der Waals surface area contributed by atoms with E-state index >= 15 is 0 Å². The lowest BCUT2D eigenvalue weighted by Crippen LogP contribution is -2.62. The van der Waals surface area contributed by atoms with Gasteiger partial charge in [0.05, 0.1) is 13.2 Å². The lowest BCUT2D eigenvalue weighted by molar-refractivity contribution is 0.0267. The molecule has 2 amide bonds. The van der Waals surface area contributed by atoms with Crippen LogP contribution >= 0.6 is 7.60 Å². The van der Waals surface area contributed by atoms with Crippen LogP contribution in [0.3, 0.4) is 0 Å². The number of Topliss-reactive ketones (excluding diaryl/α,β-unsaturated/α-hetero) is 1. The summed E-state index contributed by atoms with van der Waals surface area (Å²) < 4.78 is 36.8. The van der Waals surface area contributed by atoms with Gasteiger partial charge in [-0.2, -0.15) is 5.01 Å². The summed E-state index contributed by atoms with van der Waals surface area (Å²) in [7, 11) is -4.56. The molecule has 10 nitrogen and oxygen atoms in total. The van der Waals surface area contributed by atoms with Gasteiger partial charge in [-0.05, 0) is 48.7 Å². The Kier molecular flexibility index (Phi) is 10.9. The first-order valence-corrected chi connectivity index (χ1v) is 15.7. The first kappa shape index (κ1) is 32.4. The van der Waals surface area contributed by atoms with Gasteiger partial charge in [0.2, 0.25) is 11.1 Å². The number of carbonyl (C=O) groups is 3. The van der Waals surface area contributed by atoms with Crippen molar-refractivity contribution in [2.24, 2.45) is 0 Å². The van der Waals surface area contributed by atoms with E-state index in [-0.39, 0.29) is 32.0 Å². The zero-order valence-corrected chi connectivity index (χ0v) is 25.7. The largest absolute Gasteiger partial charge is 0.443 e. The van der Waals surface area contributed by atoms with Crippen LogP contribution in [-0.2, 0) is 36.3 Å². The van der Waals surface area contributed by atoms with Crippen molar-refractivity contribution < 1.29 is 37.5 Å². The predicted octanol–water partition coefficient (Wildman–Crippen LogP) is 7.49. The number of nitrogens with zero attached hydrogens (tertiary/aromatic N) is 1. The molecule has 4 aromatic carbocycles. The number of nitrogens with one attached hydrogen (secondary N) is 1. The lowest BCUT2D eigenvalue weighted by Gasteiger charge is -2.41. The van der Waals surface area contributed by atoms with Crippen molar-refractivity contribution >= 4 is 36.3 Å². The second-order valence-electron chi connectivity index (χ2n) is 9.79. The fourth-order valence-corrected chi connectivity index (χ4v) is 6.56. The highest BCUT2D eigenvalue weighted by atomic mass is 31.2. The van der Waals surface area contributed by atoms with Gasteiger partial charge in [0.25, 0.3) is 0 Å². The van der Waals surface area contributed by atoms with Crippen molar-refractivity contribution in [3.8, 4) is 0 Å². The quantitative estimate of drug-likeness (QED) is 0.0986. The molecule has 44 heavy (non-hydrogen) atoms. The van der Waals surface area contributed by atoms with Crippen molar-refractivity contribution in [1.29, 1.82) is 0 Å². The van der Waals surface area contributed by atoms with Crippen LogP contribution in [0, 0.1) is 0 Å². The summed E-state index contributed by atoms with van der Waals surface area (Å²) in [5.74, 6) is -0.812. The van der Waals surface area contributed by atoms with Gasteiger partial charge in [0.1, 0.15) is 13.2 Å². The molecular formula is C33H35N2O8P. The highest BCUT2D eigenvalue weighted by Crippen LogP contribution is 2.62. The molecule has 1 atom stereocenters. The Morgan fingerprint density at radius 3 is 1.82 bits per heavy atom. The molecule has 0 heterocycles. The number of amides is 2. The first-order valence-electron chi connectivity index (χ1n) is 14.1. The third kappa shape index (κ3) is 7.34. The van der Waals surface area contributed by atoms with Crippen molar-refractivity contribution in [1.82, 2.24) is 10.4 Å². The number of benzene rings is 4. The highest BCUT2D eigenvalue weighted by molar-refractivity contribution is 7.56. The Morgan fingerprint density at radius 1 is 0.727 bits per heavy atom. The van der Waals surface area contributed by atoms with E-state index in [0.717, 1.165) is 10.8 Å². The second kappa shape index (κ2) is 14.8. The van der Waals surface area contributed by atoms with Gasteiger partial charge < -0.3 is 18.5 Å². The molecule has 0 aliphatic carbocycles. The molecule has 0 aromatic heterocycles. The number of ketones is 1. The van der Waals surface area contributed by atoms with Crippen LogP contribution in [0.4, 0.5) is 9.59 Å². The van der Waals surface area contributed by atoms with Crippen molar-refractivity contribution in [3.05, 3.63) is 120 Å². The minimum Gasteiger partial charge on any atom is -0.443 e. The van der Waals surface area contributed by atoms with E-state index in [1.807, 2.05) is 36.4 Å². The molecule has 0 saturated heterocycles. The van der Waals surface area contributed by atoms with Crippen LogP contribution in [0.1, 0.15) is 42.3 Å². The molecule has 0 spiro atoms. The van der Waals surface area contributed by atoms with E-state index in [9.17, 15) is 18.9 Å². The third-order valence-electron chi connectivity index (χ3n) is 6.81. The van der Waals surface area contributed by atoms with Gasteiger partial charge in [-0.3, -0.25) is 9.36 Å².